The minimum atomic E-state index is 0.920. The third-order valence-electron chi connectivity index (χ3n) is 8.97. The number of hydrogen-bond acceptors (Lipinski definition) is 0. The fraction of sp³-hybridized carbons (Fsp3) is 0.972. The molecule has 0 aromatic heterocycles. The molecule has 1 radical (unpaired) electrons. The maximum Gasteiger partial charge on any atom is -0.0205 e. The van der Waals surface area contributed by atoms with E-state index in [0.717, 1.165) is 17.8 Å². The first-order chi connectivity index (χ1) is 17.7. The predicted octanol–water partition coefficient (Wildman–Crippen LogP) is 13.7. The third kappa shape index (κ3) is 21.0. The molecular weight excluding hydrogens is 432 g/mol. The van der Waals surface area contributed by atoms with Gasteiger partial charge in [0.2, 0.25) is 0 Å². The molecule has 36 heavy (non-hydrogen) atoms. The molecule has 0 aliphatic heterocycles. The molecule has 0 aliphatic rings. The van der Waals surface area contributed by atoms with Crippen molar-refractivity contribution in [3.05, 3.63) is 5.92 Å². The van der Waals surface area contributed by atoms with Crippen LogP contribution in [-0.4, -0.2) is 0 Å². The largest absolute Gasteiger partial charge is 0.0654 e. The van der Waals surface area contributed by atoms with Gasteiger partial charge in [0.1, 0.15) is 0 Å². The Morgan fingerprint density at radius 2 is 0.722 bits per heavy atom. The van der Waals surface area contributed by atoms with E-state index in [1.165, 1.54) is 167 Å². The van der Waals surface area contributed by atoms with Crippen LogP contribution in [-0.2, 0) is 0 Å². The summed E-state index contributed by atoms with van der Waals surface area (Å²) in [4.78, 5) is 0. The fourth-order valence-electron chi connectivity index (χ4n) is 6.34. The highest BCUT2D eigenvalue weighted by Gasteiger charge is 2.27. The summed E-state index contributed by atoms with van der Waals surface area (Å²) in [7, 11) is 0. The van der Waals surface area contributed by atoms with Gasteiger partial charge in [-0.3, -0.25) is 0 Å². The Labute approximate surface area is 232 Å². The maximum atomic E-state index is 2.47. The van der Waals surface area contributed by atoms with Crippen molar-refractivity contribution in [1.29, 1.82) is 0 Å². The van der Waals surface area contributed by atoms with Gasteiger partial charge in [-0.1, -0.05) is 183 Å². The van der Waals surface area contributed by atoms with E-state index in [9.17, 15) is 0 Å². The minimum Gasteiger partial charge on any atom is -0.0654 e. The highest BCUT2D eigenvalue weighted by atomic mass is 14.3. The molecule has 0 N–H and O–H groups in total. The normalized spacial score (nSPS) is 14.4. The van der Waals surface area contributed by atoms with E-state index in [1.54, 1.807) is 0 Å². The van der Waals surface area contributed by atoms with Crippen molar-refractivity contribution in [2.45, 2.75) is 208 Å². The molecule has 0 aliphatic carbocycles. The van der Waals surface area contributed by atoms with Gasteiger partial charge in [-0.25, -0.2) is 0 Å². The summed E-state index contributed by atoms with van der Waals surface area (Å²) in [5.74, 6) is 4.86. The SMILES string of the molecule is CCCCCCCCC(CCCCCC)[C](CC(CC)CCCC)CC(CCCC)CCCCCC. The quantitative estimate of drug-likeness (QED) is 0.0886. The van der Waals surface area contributed by atoms with Crippen molar-refractivity contribution >= 4 is 0 Å². The second-order valence-corrected chi connectivity index (χ2v) is 12.4. The summed E-state index contributed by atoms with van der Waals surface area (Å²) >= 11 is 0. The van der Waals surface area contributed by atoms with Gasteiger partial charge < -0.3 is 0 Å². The molecule has 0 amide bonds. The van der Waals surface area contributed by atoms with Crippen LogP contribution in [0.25, 0.3) is 0 Å². The average molecular weight is 506 g/mol. The van der Waals surface area contributed by atoms with Gasteiger partial charge in [0.25, 0.3) is 0 Å². The minimum absolute atomic E-state index is 0.920. The standard InChI is InChI=1S/C36H73/c1-7-13-18-21-22-25-30-35(29-24-20-15-9-3)36(31-33(12-6)26-16-10-4)32-34(27-17-11-5)28-23-19-14-8-2/h33-35H,7-32H2,1-6H3. The lowest BCUT2D eigenvalue weighted by atomic mass is 9.72. The van der Waals surface area contributed by atoms with Gasteiger partial charge in [-0.15, -0.1) is 0 Å². The van der Waals surface area contributed by atoms with Gasteiger partial charge in [0.15, 0.2) is 0 Å². The van der Waals surface area contributed by atoms with E-state index in [2.05, 4.69) is 41.5 Å². The summed E-state index contributed by atoms with van der Waals surface area (Å²) in [6.07, 6.45) is 37.5. The highest BCUT2D eigenvalue weighted by Crippen LogP contribution is 2.40. The van der Waals surface area contributed by atoms with Crippen molar-refractivity contribution in [2.24, 2.45) is 17.8 Å². The fourth-order valence-corrected chi connectivity index (χ4v) is 6.34. The molecule has 0 bridgehead atoms. The Hall–Kier alpha value is 0. The van der Waals surface area contributed by atoms with Crippen LogP contribution in [0.5, 0.6) is 0 Å². The average Bonchev–Trinajstić information content (AvgIpc) is 2.89. The van der Waals surface area contributed by atoms with Gasteiger partial charge in [0.05, 0.1) is 0 Å². The van der Waals surface area contributed by atoms with E-state index in [1.807, 2.05) is 5.92 Å². The zero-order valence-corrected chi connectivity index (χ0v) is 26.6. The van der Waals surface area contributed by atoms with Gasteiger partial charge in [0, 0.05) is 0 Å². The van der Waals surface area contributed by atoms with Gasteiger partial charge in [-0.05, 0) is 49.4 Å². The lowest BCUT2D eigenvalue weighted by Crippen LogP contribution is -2.21. The Kier molecular flexibility index (Phi) is 28.0. The molecule has 0 aromatic rings. The monoisotopic (exact) mass is 506 g/mol. The molecule has 3 atom stereocenters. The summed E-state index contributed by atoms with van der Waals surface area (Å²) in [5.41, 5.74) is 0. The Morgan fingerprint density at radius 1 is 0.361 bits per heavy atom. The van der Waals surface area contributed by atoms with Crippen molar-refractivity contribution < 1.29 is 0 Å². The molecule has 0 nitrogen and oxygen atoms in total. The van der Waals surface area contributed by atoms with Crippen molar-refractivity contribution in [1.82, 2.24) is 0 Å². The molecule has 0 saturated heterocycles. The van der Waals surface area contributed by atoms with E-state index in [-0.39, 0.29) is 0 Å². The lowest BCUT2D eigenvalue weighted by molar-refractivity contribution is 0.295. The molecule has 0 fully saturated rings. The predicted molar refractivity (Wildman–Crippen MR) is 168 cm³/mol. The number of hydrogen-bond donors (Lipinski definition) is 0. The highest BCUT2D eigenvalue weighted by molar-refractivity contribution is 4.99. The van der Waals surface area contributed by atoms with E-state index >= 15 is 0 Å². The molecule has 0 spiro atoms. The summed E-state index contributed by atoms with van der Waals surface area (Å²) in [6, 6.07) is 0. The molecule has 0 heterocycles. The van der Waals surface area contributed by atoms with Crippen LogP contribution in [0.1, 0.15) is 208 Å². The lowest BCUT2D eigenvalue weighted by Gasteiger charge is -2.33. The second-order valence-electron chi connectivity index (χ2n) is 12.4. The molecule has 217 valence electrons. The maximum absolute atomic E-state index is 2.47. The first kappa shape index (κ1) is 36.0. The molecule has 3 unspecified atom stereocenters. The summed E-state index contributed by atoms with van der Waals surface area (Å²) < 4.78 is 0. The van der Waals surface area contributed by atoms with Gasteiger partial charge >= 0.3 is 0 Å². The molecule has 0 saturated carbocycles. The first-order valence-corrected chi connectivity index (χ1v) is 17.5. The summed E-state index contributed by atoms with van der Waals surface area (Å²) in [6.45, 7) is 14.3. The first-order valence-electron chi connectivity index (χ1n) is 17.5. The van der Waals surface area contributed by atoms with Crippen LogP contribution < -0.4 is 0 Å². The van der Waals surface area contributed by atoms with Crippen LogP contribution in [0.15, 0.2) is 0 Å². The Balaban J connectivity index is 5.42. The smallest absolute Gasteiger partial charge is 0.0205 e. The topological polar surface area (TPSA) is 0 Å². The van der Waals surface area contributed by atoms with E-state index in [0.29, 0.717) is 0 Å². The van der Waals surface area contributed by atoms with Crippen LogP contribution in [0, 0.1) is 23.7 Å². The van der Waals surface area contributed by atoms with Crippen molar-refractivity contribution in [3.63, 3.8) is 0 Å². The van der Waals surface area contributed by atoms with Crippen molar-refractivity contribution in [3.8, 4) is 0 Å². The van der Waals surface area contributed by atoms with Crippen LogP contribution >= 0.6 is 0 Å². The van der Waals surface area contributed by atoms with Crippen LogP contribution in [0.4, 0.5) is 0 Å². The Morgan fingerprint density at radius 3 is 1.22 bits per heavy atom. The molecule has 0 aromatic carbocycles. The molecular formula is C36H73. The second kappa shape index (κ2) is 28.0. The van der Waals surface area contributed by atoms with Crippen LogP contribution in [0.2, 0.25) is 0 Å². The zero-order chi connectivity index (χ0) is 26.7. The zero-order valence-electron chi connectivity index (χ0n) is 26.6. The molecule has 0 heteroatoms. The van der Waals surface area contributed by atoms with Crippen LogP contribution in [0.3, 0.4) is 0 Å². The number of rotatable bonds is 29. The van der Waals surface area contributed by atoms with Crippen molar-refractivity contribution in [2.75, 3.05) is 0 Å². The Bertz CT molecular complexity index is 399. The molecule has 0 rings (SSSR count). The number of unbranched alkanes of at least 4 members (excludes halogenated alkanes) is 13. The van der Waals surface area contributed by atoms with E-state index < -0.39 is 0 Å². The summed E-state index contributed by atoms with van der Waals surface area (Å²) in [5, 5.41) is 0. The van der Waals surface area contributed by atoms with Gasteiger partial charge in [-0.2, -0.15) is 0 Å². The third-order valence-corrected chi connectivity index (χ3v) is 8.97. The van der Waals surface area contributed by atoms with E-state index in [4.69, 9.17) is 0 Å².